The summed E-state index contributed by atoms with van der Waals surface area (Å²) in [6.45, 7) is -0.760. The zero-order valence-electron chi connectivity index (χ0n) is 10.1. The van der Waals surface area contributed by atoms with Crippen molar-refractivity contribution in [3.05, 3.63) is 0 Å². The number of hydrogen-bond acceptors (Lipinski definition) is 8. The Bertz CT molecular complexity index is 266. The van der Waals surface area contributed by atoms with Crippen LogP contribution in [0.5, 0.6) is 0 Å². The zero-order valence-corrected chi connectivity index (χ0v) is 10.1. The molecule has 0 rings (SSSR count). The number of carbonyl (C=O) groups is 3. The predicted molar refractivity (Wildman–Crippen MR) is 61.6 cm³/mol. The van der Waals surface area contributed by atoms with Crippen LogP contribution in [0, 0.1) is 0 Å². The summed E-state index contributed by atoms with van der Waals surface area (Å²) in [5.74, 6) is 0. The van der Waals surface area contributed by atoms with Gasteiger partial charge in [0.2, 0.25) is 0 Å². The van der Waals surface area contributed by atoms with Crippen molar-refractivity contribution in [3.63, 3.8) is 0 Å². The summed E-state index contributed by atoms with van der Waals surface area (Å²) in [5.41, 5.74) is 8.50. The molecule has 120 valence electrons. The second kappa shape index (κ2) is 13.4. The lowest BCUT2D eigenvalue weighted by molar-refractivity contribution is -0.136. The molecule has 0 aromatic heterocycles. The van der Waals surface area contributed by atoms with Crippen LogP contribution in [0.15, 0.2) is 0 Å². The van der Waals surface area contributed by atoms with Crippen molar-refractivity contribution in [1.29, 1.82) is 0 Å². The van der Waals surface area contributed by atoms with Gasteiger partial charge < -0.3 is 52.0 Å². The summed E-state index contributed by atoms with van der Waals surface area (Å²) >= 11 is 0. The van der Waals surface area contributed by atoms with Crippen LogP contribution in [0.3, 0.4) is 0 Å². The molecule has 0 saturated carbocycles. The van der Waals surface area contributed by atoms with Gasteiger partial charge in [0.15, 0.2) is 6.29 Å². The molecule has 0 aromatic carbocycles. The lowest BCUT2D eigenvalue weighted by Gasteiger charge is -2.22. The van der Waals surface area contributed by atoms with E-state index in [1.165, 1.54) is 0 Å². The molecule has 11 N–H and O–H groups in total. The van der Waals surface area contributed by atoms with Gasteiger partial charge in [0.05, 0.1) is 6.61 Å². The van der Waals surface area contributed by atoms with Gasteiger partial charge in [-0.1, -0.05) is 0 Å². The largest absolute Gasteiger partial charge is 0.503 e. The first-order chi connectivity index (χ1) is 9.00. The molecule has 0 aromatic rings. The fourth-order valence-electron chi connectivity index (χ4n) is 0.618. The smallest absolute Gasteiger partial charge is 0.450 e. The number of aliphatic hydroxyl groups excluding tert-OH is 5. The molecular weight excluding hydrogens is 284 g/mol. The molecule has 0 aliphatic carbocycles. The Morgan fingerprint density at radius 1 is 1.00 bits per heavy atom. The van der Waals surface area contributed by atoms with E-state index in [4.69, 9.17) is 45.3 Å². The Kier molecular flexibility index (Phi) is 15.5. The molecule has 0 bridgehead atoms. The minimum atomic E-state index is -1.83. The van der Waals surface area contributed by atoms with Gasteiger partial charge in [-0.15, -0.1) is 0 Å². The Labute approximate surface area is 112 Å². The number of hydrogen-bond donors (Lipinski definition) is 9. The first kappa shape index (κ1) is 23.1. The maximum absolute atomic E-state index is 9.90. The van der Waals surface area contributed by atoms with Gasteiger partial charge in [0.1, 0.15) is 24.4 Å². The summed E-state index contributed by atoms with van der Waals surface area (Å²) in [4.78, 5) is 27.5. The molecule has 12 nitrogen and oxygen atoms in total. The molecule has 4 atom stereocenters. The number of amides is 2. The summed E-state index contributed by atoms with van der Waals surface area (Å²) in [6, 6.07) is -0.833. The van der Waals surface area contributed by atoms with Gasteiger partial charge in [-0.05, 0) is 0 Å². The van der Waals surface area contributed by atoms with E-state index in [1.807, 2.05) is 0 Å². The molecule has 0 fully saturated rings. The van der Waals surface area contributed by atoms with Crippen molar-refractivity contribution < 1.29 is 50.1 Å². The quantitative estimate of drug-likeness (QED) is 0.222. The third-order valence-electron chi connectivity index (χ3n) is 1.42. The number of aldehydes is 1. The highest BCUT2D eigenvalue weighted by molar-refractivity contribution is 5.69. The molecular formula is C8H18N2O10. The summed E-state index contributed by atoms with van der Waals surface area (Å²) in [5, 5.41) is 57.5. The topological polar surface area (TPSA) is 245 Å². The maximum atomic E-state index is 9.90. The molecule has 0 aliphatic rings. The number of nitrogens with two attached hydrogens (primary N) is 2. The molecule has 0 spiro atoms. The molecule has 20 heavy (non-hydrogen) atoms. The average Bonchev–Trinajstić information content (AvgIpc) is 2.33. The average molecular weight is 302 g/mol. The lowest BCUT2D eigenvalue weighted by Crippen LogP contribution is -2.46. The van der Waals surface area contributed by atoms with E-state index in [-0.39, 0.29) is 6.29 Å². The van der Waals surface area contributed by atoms with Crippen LogP contribution >= 0.6 is 0 Å². The molecule has 0 radical (unpaired) electrons. The third-order valence-corrected chi connectivity index (χ3v) is 1.42. The molecule has 0 saturated heterocycles. The van der Waals surface area contributed by atoms with Crippen molar-refractivity contribution >= 4 is 18.5 Å². The summed E-state index contributed by atoms with van der Waals surface area (Å²) in [6.07, 6.45) is -8.67. The highest BCUT2D eigenvalue weighted by Crippen LogP contribution is 2.02. The van der Waals surface area contributed by atoms with Gasteiger partial charge in [-0.2, -0.15) is 0 Å². The molecule has 2 amide bonds. The number of carbonyl (C=O) groups excluding carboxylic acids is 2. The first-order valence-corrected chi connectivity index (χ1v) is 4.76. The Morgan fingerprint density at radius 2 is 1.30 bits per heavy atom. The third kappa shape index (κ3) is 18.4. The van der Waals surface area contributed by atoms with E-state index in [0.717, 1.165) is 0 Å². The van der Waals surface area contributed by atoms with Crippen LogP contribution in [0.4, 0.5) is 9.59 Å². The standard InChI is InChI=1S/C6H12O6.CH4N2O.CH2O3/c7-1-3(9)5(11)6(12)4(10)2-8;2*2-1(3)4/h1,3-6,8-12H,2H2;(H4,2,3,4);(H2,2,3,4). The van der Waals surface area contributed by atoms with Crippen molar-refractivity contribution in [1.82, 2.24) is 0 Å². The Morgan fingerprint density at radius 3 is 1.50 bits per heavy atom. The Hall–Kier alpha value is -1.99. The number of rotatable bonds is 5. The number of carboxylic acid groups (broad SMARTS) is 2. The number of aliphatic hydroxyl groups is 5. The van der Waals surface area contributed by atoms with Crippen LogP contribution in [-0.4, -0.2) is 85.2 Å². The van der Waals surface area contributed by atoms with E-state index < -0.39 is 43.2 Å². The monoisotopic (exact) mass is 302 g/mol. The number of primary amides is 2. The van der Waals surface area contributed by atoms with Crippen LogP contribution < -0.4 is 11.5 Å². The van der Waals surface area contributed by atoms with E-state index >= 15 is 0 Å². The van der Waals surface area contributed by atoms with Crippen molar-refractivity contribution in [2.75, 3.05) is 6.61 Å². The van der Waals surface area contributed by atoms with Crippen LogP contribution in [0.2, 0.25) is 0 Å². The zero-order chi connectivity index (χ0) is 16.9. The summed E-state index contributed by atoms with van der Waals surface area (Å²) < 4.78 is 0. The Balaban J connectivity index is -0.000000297. The maximum Gasteiger partial charge on any atom is 0.503 e. The normalized spacial score (nSPS) is 15.1. The van der Waals surface area contributed by atoms with E-state index in [1.54, 1.807) is 0 Å². The highest BCUT2D eigenvalue weighted by Gasteiger charge is 2.29. The van der Waals surface area contributed by atoms with Crippen molar-refractivity contribution in [2.24, 2.45) is 11.5 Å². The van der Waals surface area contributed by atoms with Gasteiger partial charge in [0.25, 0.3) is 0 Å². The van der Waals surface area contributed by atoms with Crippen LogP contribution in [0.1, 0.15) is 0 Å². The van der Waals surface area contributed by atoms with Crippen LogP contribution in [-0.2, 0) is 4.79 Å². The van der Waals surface area contributed by atoms with E-state index in [2.05, 4.69) is 11.5 Å². The second-order valence-corrected chi connectivity index (χ2v) is 3.04. The van der Waals surface area contributed by atoms with E-state index in [0.29, 0.717) is 0 Å². The SMILES string of the molecule is NC(N)=O.O=C(O)O.O=CC(O)C(O)C(O)C(O)CO. The second-order valence-electron chi connectivity index (χ2n) is 3.04. The molecule has 0 aliphatic heterocycles. The predicted octanol–water partition coefficient (Wildman–Crippen LogP) is -4.13. The van der Waals surface area contributed by atoms with Gasteiger partial charge in [-0.25, -0.2) is 9.59 Å². The fourth-order valence-corrected chi connectivity index (χ4v) is 0.618. The fraction of sp³-hybridized carbons (Fsp3) is 0.625. The first-order valence-electron chi connectivity index (χ1n) is 4.76. The molecule has 12 heteroatoms. The summed E-state index contributed by atoms with van der Waals surface area (Å²) in [7, 11) is 0. The van der Waals surface area contributed by atoms with Gasteiger partial charge in [0, 0.05) is 0 Å². The molecule has 4 unspecified atom stereocenters. The van der Waals surface area contributed by atoms with Gasteiger partial charge in [-0.3, -0.25) is 0 Å². The lowest BCUT2D eigenvalue weighted by atomic mass is 10.0. The van der Waals surface area contributed by atoms with E-state index in [9.17, 15) is 4.79 Å². The molecule has 0 heterocycles. The van der Waals surface area contributed by atoms with Crippen molar-refractivity contribution in [2.45, 2.75) is 24.4 Å². The minimum Gasteiger partial charge on any atom is -0.450 e. The highest BCUT2D eigenvalue weighted by atomic mass is 16.6. The van der Waals surface area contributed by atoms with Crippen molar-refractivity contribution in [3.8, 4) is 0 Å². The number of urea groups is 1. The minimum absolute atomic E-state index is 0.0258. The van der Waals surface area contributed by atoms with Crippen LogP contribution in [0.25, 0.3) is 0 Å². The van der Waals surface area contributed by atoms with Gasteiger partial charge >= 0.3 is 12.2 Å².